The third-order valence-electron chi connectivity index (χ3n) is 0.0417. The Morgan fingerprint density at radius 1 is 1.20 bits per heavy atom. The summed E-state index contributed by atoms with van der Waals surface area (Å²) in [5.41, 5.74) is 22.7. The summed E-state index contributed by atoms with van der Waals surface area (Å²) in [6.45, 7) is 0. The van der Waals surface area contributed by atoms with Crippen LogP contribution >= 0.6 is 0 Å². The van der Waals surface area contributed by atoms with Crippen LogP contribution < -0.4 is 0 Å². The van der Waals surface area contributed by atoms with E-state index in [1.807, 2.05) is 0 Å². The average Bonchev–Trinajstić information content (AvgIpc) is 1.41. The van der Waals surface area contributed by atoms with Crippen LogP contribution in [0, 0.1) is 0 Å². The van der Waals surface area contributed by atoms with Crippen molar-refractivity contribution in [2.45, 2.75) is 0 Å². The van der Waals surface area contributed by atoms with Crippen molar-refractivity contribution in [1.29, 1.82) is 0 Å². The van der Waals surface area contributed by atoms with Gasteiger partial charge in [0, 0.05) is 0 Å². The van der Waals surface area contributed by atoms with Crippen LogP contribution in [0.4, 0.5) is 0 Å². The molecule has 0 saturated heterocycles. The Hall–Kier alpha value is -2.44. The Morgan fingerprint density at radius 2 is 1.60 bits per heavy atom. The second-order valence-corrected chi connectivity index (χ2v) is 5.54. The van der Waals surface area contributed by atoms with E-state index < -0.39 is 0 Å². The summed E-state index contributed by atoms with van der Waals surface area (Å²) < 4.78 is -3.54. The molecule has 0 aliphatic carbocycles. The fourth-order valence-electron chi connectivity index (χ4n) is 0.00851. The molecule has 0 atom stereocenters. The summed E-state index contributed by atoms with van der Waals surface area (Å²) in [4.78, 5) is 0. The third-order valence-corrected chi connectivity index (χ3v) is 3.63. The molecular formula is Cm2O3. The zero-order chi connectivity index (χ0) is 4.12. The molecule has 0 fully saturated rings. The monoisotopic (exact) mass is 534 g/mol. The van der Waals surface area contributed by atoms with Crippen LogP contribution in [-0.2, 0) is 16.4 Å². The molecule has 0 spiro atoms. The molecule has 0 bridgehead atoms. The quantitative estimate of drug-likeness (QED) is 0.482. The van der Waals surface area contributed by atoms with Gasteiger partial charge in [0.1, 0.15) is 0 Å². The van der Waals surface area contributed by atoms with Gasteiger partial charge in [0.25, 0.3) is 0 Å². The summed E-state index contributed by atoms with van der Waals surface area (Å²) in [7, 11) is 0. The van der Waals surface area contributed by atoms with Crippen molar-refractivity contribution in [1.82, 2.24) is 0 Å². The van der Waals surface area contributed by atoms with Gasteiger partial charge >= 0.3 is 16.4 Å². The van der Waals surface area contributed by atoms with E-state index in [0.29, 0.717) is 0 Å². The molecule has 0 aromatic heterocycles. The fraction of sp³-hybridized carbons (Fsp3) is 0. The second kappa shape index (κ2) is 1.56. The van der Waals surface area contributed by atoms with Gasteiger partial charge in [-0.3, -0.25) is 0 Å². The van der Waals surface area contributed by atoms with Crippen molar-refractivity contribution in [2.75, 3.05) is 0 Å². The molecule has 0 N–H and O–H groups in total. The van der Waals surface area contributed by atoms with Crippen LogP contribution in [0.1, 0.15) is 0 Å². The Labute approximate surface area is 17.8 Å². The van der Waals surface area contributed by atoms with E-state index in [0.717, 1.165) is 0 Å². The van der Waals surface area contributed by atoms with Crippen LogP contribution in [0.25, 0.3) is 0 Å². The molecule has 3 nitrogen and oxygen atoms in total. The van der Waals surface area contributed by atoms with Gasteiger partial charge in [0.15, 0.2) is 0 Å². The Kier molecular flexibility index (Phi) is 0.799. The summed E-state index contributed by atoms with van der Waals surface area (Å²) in [6, 6.07) is 0. The van der Waals surface area contributed by atoms with Crippen LogP contribution in [0.15, 0.2) is 0 Å². The summed E-state index contributed by atoms with van der Waals surface area (Å²) in [5.74, 6) is 0. The Balaban J connectivity index is 2.65. The first-order chi connectivity index (χ1) is 2.41. The molecule has 0 aliphatic heterocycles. The Morgan fingerprint density at radius 3 is 1.60 bits per heavy atom. The summed E-state index contributed by atoms with van der Waals surface area (Å²) >= 11 is 0. The minimum absolute atomic E-state index is 1.77. The van der Waals surface area contributed by atoms with Crippen molar-refractivity contribution in [3.63, 3.8) is 0 Å². The van der Waals surface area contributed by atoms with E-state index in [1.165, 1.54) is 0 Å². The van der Waals surface area contributed by atoms with Gasteiger partial charge in [-0.1, -0.05) is 0 Å². The van der Waals surface area contributed by atoms with Crippen molar-refractivity contribution >= 4 is 0 Å². The SMILES string of the molecule is [O]=[Cm][O][Cm]=[O]. The van der Waals surface area contributed by atoms with Crippen molar-refractivity contribution in [3.05, 3.63) is 0 Å². The van der Waals surface area contributed by atoms with Crippen molar-refractivity contribution in [3.8, 4) is 0 Å². The van der Waals surface area contributed by atoms with Gasteiger partial charge in [-0.2, -0.15) is 0 Å². The standard InChI is InChI=1S/2Cm.3O. The first kappa shape index (κ1) is 2.56. The predicted molar refractivity (Wildman–Crippen MR) is 2.46 cm³/mol. The van der Waals surface area contributed by atoms with Gasteiger partial charge in [-0.15, -0.1) is 0 Å². The van der Waals surface area contributed by atoms with E-state index in [4.69, 9.17) is 0 Å². The molecule has 0 aromatic rings. The number of rotatable bonds is 2. The van der Waals surface area contributed by atoms with E-state index in [9.17, 15) is 11.0 Å². The van der Waals surface area contributed by atoms with Gasteiger partial charge in [0.2, 0.25) is 0 Å². The maximum absolute atomic E-state index is 9.32. The van der Waals surface area contributed by atoms with E-state index in [-0.39, 0.29) is 0 Å². The van der Waals surface area contributed by atoms with Crippen molar-refractivity contribution < 1.29 is 16.4 Å². The normalized spacial score (nSPS) is 4.80. The van der Waals surface area contributed by atoms with Crippen LogP contribution in [0.3, 0.4) is 0 Å². The molecule has 0 radical (unpaired) electrons. The molecule has 0 amide bonds. The zero-order valence-corrected chi connectivity index (χ0v) is 7.82. The van der Waals surface area contributed by atoms with Gasteiger partial charge in [-0.25, -0.2) is 0 Å². The summed E-state index contributed by atoms with van der Waals surface area (Å²) in [5, 5.41) is 0. The average molecular weight is 542 g/mol. The van der Waals surface area contributed by atoms with Crippen LogP contribution in [0.5, 0.6) is 0 Å². The number of hydrogen-bond acceptors (Lipinski definition) is 3. The van der Waals surface area contributed by atoms with Crippen molar-refractivity contribution in [2.24, 2.45) is 0 Å². The molecule has 0 rings (SSSR count). The second-order valence-electron chi connectivity index (χ2n) is 0.169. The molecule has 0 heterocycles. The molecule has 5 heteroatoms. The molecule has 5 heavy (non-hydrogen) atoms. The molecule has 0 unspecified atom stereocenters. The molecule has 0 saturated carbocycles. The van der Waals surface area contributed by atoms with Gasteiger partial charge in [0.05, 0.1) is 0 Å². The Bertz CT molecular complexity index is 34.2. The van der Waals surface area contributed by atoms with E-state index in [1.54, 1.807) is 0 Å². The molecule has 34 valence electrons. The first-order valence-electron chi connectivity index (χ1n) is 0.577. The zero-order valence-electron chi connectivity index (χ0n) is 1.93. The van der Waals surface area contributed by atoms with Crippen LogP contribution in [-0.4, -0.2) is 0 Å². The summed E-state index contributed by atoms with van der Waals surface area (Å²) in [6.07, 6.45) is 0. The molecule has 0 aromatic carbocycles. The van der Waals surface area contributed by atoms with Gasteiger partial charge in [-0.05, 0) is 0 Å². The van der Waals surface area contributed by atoms with Crippen LogP contribution in [0.2, 0.25) is 0 Å². The fourth-order valence-corrected chi connectivity index (χ4v) is 0.740. The topological polar surface area (TPSA) is 43.4 Å². The first-order valence-corrected chi connectivity index (χ1v) is 5.39. The minimum atomic E-state index is -1.77. The molecular weight excluding hydrogens is 542 g/mol. The number of hydrogen-bond donors (Lipinski definition) is 0. The van der Waals surface area contributed by atoms with E-state index >= 15 is 0 Å². The predicted octanol–water partition coefficient (Wildman–Crippen LogP) is -0.306. The molecule has 0 aliphatic rings. The third kappa shape index (κ3) is 1.56. The van der Waals surface area contributed by atoms with Gasteiger partial charge < -0.3 is 0 Å². The maximum atomic E-state index is 9.32. The van der Waals surface area contributed by atoms with E-state index in [2.05, 4.69) is 5.48 Å².